The van der Waals surface area contributed by atoms with Crippen LogP contribution in [0.3, 0.4) is 0 Å². The smallest absolute Gasteiger partial charge is 0.241 e. The van der Waals surface area contributed by atoms with E-state index in [9.17, 15) is 9.59 Å². The molecular formula is C10H14ClN3O2. The second kappa shape index (κ2) is 6.27. The molecule has 1 amide bonds. The van der Waals surface area contributed by atoms with Gasteiger partial charge in [0, 0.05) is 24.9 Å². The van der Waals surface area contributed by atoms with Crippen LogP contribution in [0, 0.1) is 6.92 Å². The van der Waals surface area contributed by atoms with Gasteiger partial charge in [-0.25, -0.2) is 0 Å². The maximum absolute atomic E-state index is 11.4. The van der Waals surface area contributed by atoms with Gasteiger partial charge < -0.3 is 5.32 Å². The van der Waals surface area contributed by atoms with E-state index < -0.39 is 0 Å². The molecule has 0 saturated heterocycles. The SMILES string of the molecule is Cc1ccnn1CC(=O)NCCCC(=O)Cl. The molecule has 0 spiro atoms. The quantitative estimate of drug-likeness (QED) is 0.595. The van der Waals surface area contributed by atoms with Crippen molar-refractivity contribution in [3.05, 3.63) is 18.0 Å². The fraction of sp³-hybridized carbons (Fsp3) is 0.500. The van der Waals surface area contributed by atoms with Gasteiger partial charge in [-0.2, -0.15) is 5.10 Å². The van der Waals surface area contributed by atoms with E-state index in [2.05, 4.69) is 10.4 Å². The third-order valence-corrected chi connectivity index (χ3v) is 2.28. The van der Waals surface area contributed by atoms with Crippen LogP contribution in [0.15, 0.2) is 12.3 Å². The zero-order chi connectivity index (χ0) is 12.0. The van der Waals surface area contributed by atoms with Gasteiger partial charge in [0.05, 0.1) is 0 Å². The highest BCUT2D eigenvalue weighted by atomic mass is 35.5. The fourth-order valence-corrected chi connectivity index (χ4v) is 1.35. The Morgan fingerprint density at radius 3 is 2.88 bits per heavy atom. The van der Waals surface area contributed by atoms with Gasteiger partial charge >= 0.3 is 0 Å². The molecule has 1 aromatic rings. The second-order valence-electron chi connectivity index (χ2n) is 3.44. The minimum absolute atomic E-state index is 0.117. The molecule has 0 fully saturated rings. The van der Waals surface area contributed by atoms with Crippen LogP contribution < -0.4 is 5.32 Å². The van der Waals surface area contributed by atoms with Gasteiger partial charge in [-0.1, -0.05) is 0 Å². The lowest BCUT2D eigenvalue weighted by Gasteiger charge is -2.05. The zero-order valence-corrected chi connectivity index (χ0v) is 9.83. The summed E-state index contributed by atoms with van der Waals surface area (Å²) in [4.78, 5) is 21.8. The van der Waals surface area contributed by atoms with E-state index in [1.165, 1.54) is 0 Å². The third-order valence-electron chi connectivity index (χ3n) is 2.09. The highest BCUT2D eigenvalue weighted by Crippen LogP contribution is 1.96. The standard InChI is InChI=1S/C10H14ClN3O2/c1-8-4-6-13-14(8)7-10(16)12-5-2-3-9(11)15/h4,6H,2-3,5,7H2,1H3,(H,12,16). The highest BCUT2D eigenvalue weighted by Gasteiger charge is 2.04. The second-order valence-corrected chi connectivity index (χ2v) is 3.86. The first kappa shape index (κ1) is 12.7. The maximum Gasteiger partial charge on any atom is 0.241 e. The first-order chi connectivity index (χ1) is 7.59. The van der Waals surface area contributed by atoms with Crippen LogP contribution in [0.2, 0.25) is 0 Å². The molecule has 1 heterocycles. The van der Waals surface area contributed by atoms with Gasteiger partial charge in [-0.3, -0.25) is 14.3 Å². The minimum Gasteiger partial charge on any atom is -0.354 e. The van der Waals surface area contributed by atoms with Crippen molar-refractivity contribution in [1.29, 1.82) is 0 Å². The van der Waals surface area contributed by atoms with Crippen LogP contribution in [0.25, 0.3) is 0 Å². The first-order valence-corrected chi connectivity index (χ1v) is 5.41. The minimum atomic E-state index is -0.378. The van der Waals surface area contributed by atoms with E-state index in [1.807, 2.05) is 13.0 Å². The van der Waals surface area contributed by atoms with Crippen molar-refractivity contribution in [3.63, 3.8) is 0 Å². The van der Waals surface area contributed by atoms with Crippen LogP contribution >= 0.6 is 11.6 Å². The van der Waals surface area contributed by atoms with Gasteiger partial charge in [0.1, 0.15) is 6.54 Å². The monoisotopic (exact) mass is 243 g/mol. The van der Waals surface area contributed by atoms with Crippen LogP contribution in [0.5, 0.6) is 0 Å². The summed E-state index contributed by atoms with van der Waals surface area (Å²) in [5.74, 6) is -0.117. The summed E-state index contributed by atoms with van der Waals surface area (Å²) in [5.41, 5.74) is 0.936. The third kappa shape index (κ3) is 4.44. The molecule has 0 atom stereocenters. The Labute approximate surface area is 98.8 Å². The molecule has 5 nitrogen and oxygen atoms in total. The summed E-state index contributed by atoms with van der Waals surface area (Å²) in [5, 5.41) is 6.31. The Hall–Kier alpha value is -1.36. The summed E-state index contributed by atoms with van der Waals surface area (Å²) in [6.45, 7) is 2.54. The van der Waals surface area contributed by atoms with Gasteiger partial charge in [0.25, 0.3) is 0 Å². The lowest BCUT2D eigenvalue weighted by Crippen LogP contribution is -2.29. The van der Waals surface area contributed by atoms with E-state index in [0.717, 1.165) is 5.69 Å². The van der Waals surface area contributed by atoms with E-state index in [1.54, 1.807) is 10.9 Å². The number of carbonyl (C=O) groups is 2. The molecule has 1 N–H and O–H groups in total. The van der Waals surface area contributed by atoms with Gasteiger partial charge in [-0.05, 0) is 31.0 Å². The molecule has 0 aliphatic carbocycles. The Morgan fingerprint density at radius 1 is 1.56 bits per heavy atom. The summed E-state index contributed by atoms with van der Waals surface area (Å²) < 4.78 is 1.61. The number of nitrogens with zero attached hydrogens (tertiary/aromatic N) is 2. The summed E-state index contributed by atoms with van der Waals surface area (Å²) in [6, 6.07) is 1.83. The van der Waals surface area contributed by atoms with E-state index >= 15 is 0 Å². The molecule has 0 aliphatic rings. The van der Waals surface area contributed by atoms with E-state index in [-0.39, 0.29) is 24.1 Å². The van der Waals surface area contributed by atoms with Crippen molar-refractivity contribution in [2.45, 2.75) is 26.3 Å². The summed E-state index contributed by atoms with van der Waals surface area (Å²) >= 11 is 5.16. The Bertz CT molecular complexity index is 376. The molecule has 16 heavy (non-hydrogen) atoms. The van der Waals surface area contributed by atoms with Crippen molar-refractivity contribution in [3.8, 4) is 0 Å². The summed E-state index contributed by atoms with van der Waals surface area (Å²) in [6.07, 6.45) is 2.49. The Morgan fingerprint density at radius 2 is 2.31 bits per heavy atom. The molecule has 88 valence electrons. The molecule has 0 bridgehead atoms. The molecule has 0 unspecified atom stereocenters. The molecule has 6 heteroatoms. The first-order valence-electron chi connectivity index (χ1n) is 5.03. The molecule has 0 aromatic carbocycles. The number of aryl methyl sites for hydroxylation is 1. The Kier molecular flexibility index (Phi) is 4.98. The normalized spacial score (nSPS) is 10.1. The molecule has 1 rings (SSSR count). The number of nitrogens with one attached hydrogen (secondary N) is 1. The number of rotatable bonds is 6. The predicted molar refractivity (Wildman–Crippen MR) is 60.1 cm³/mol. The highest BCUT2D eigenvalue weighted by molar-refractivity contribution is 6.63. The molecule has 0 radical (unpaired) electrons. The molecule has 0 saturated carbocycles. The molecule has 1 aromatic heterocycles. The lowest BCUT2D eigenvalue weighted by molar-refractivity contribution is -0.122. The number of aromatic nitrogens is 2. The number of hydrogen-bond acceptors (Lipinski definition) is 3. The van der Waals surface area contributed by atoms with Crippen LogP contribution in [0.1, 0.15) is 18.5 Å². The summed E-state index contributed by atoms with van der Waals surface area (Å²) in [7, 11) is 0. The maximum atomic E-state index is 11.4. The van der Waals surface area contributed by atoms with Crippen molar-refractivity contribution < 1.29 is 9.59 Å². The van der Waals surface area contributed by atoms with Crippen molar-refractivity contribution >= 4 is 22.8 Å². The Balaban J connectivity index is 2.21. The largest absolute Gasteiger partial charge is 0.354 e. The van der Waals surface area contributed by atoms with Crippen molar-refractivity contribution in [2.24, 2.45) is 0 Å². The number of carbonyl (C=O) groups excluding carboxylic acids is 2. The van der Waals surface area contributed by atoms with Crippen LogP contribution in [-0.4, -0.2) is 27.5 Å². The van der Waals surface area contributed by atoms with Crippen molar-refractivity contribution in [2.75, 3.05) is 6.54 Å². The number of hydrogen-bond donors (Lipinski definition) is 1. The fourth-order valence-electron chi connectivity index (χ4n) is 1.21. The van der Waals surface area contributed by atoms with Gasteiger partial charge in [-0.15, -0.1) is 0 Å². The number of amides is 1. The average molecular weight is 244 g/mol. The lowest BCUT2D eigenvalue weighted by atomic mass is 10.3. The topological polar surface area (TPSA) is 64.0 Å². The van der Waals surface area contributed by atoms with Crippen LogP contribution in [-0.2, 0) is 16.1 Å². The molecule has 0 aliphatic heterocycles. The van der Waals surface area contributed by atoms with Gasteiger partial charge in [0.2, 0.25) is 11.1 Å². The average Bonchev–Trinajstić information content (AvgIpc) is 2.59. The molecular weight excluding hydrogens is 230 g/mol. The van der Waals surface area contributed by atoms with Crippen molar-refractivity contribution in [1.82, 2.24) is 15.1 Å². The number of halogens is 1. The van der Waals surface area contributed by atoms with E-state index in [4.69, 9.17) is 11.6 Å². The van der Waals surface area contributed by atoms with Gasteiger partial charge in [0.15, 0.2) is 0 Å². The van der Waals surface area contributed by atoms with Crippen LogP contribution in [0.4, 0.5) is 0 Å². The van der Waals surface area contributed by atoms with E-state index in [0.29, 0.717) is 13.0 Å². The zero-order valence-electron chi connectivity index (χ0n) is 9.07. The predicted octanol–water partition coefficient (Wildman–Crippen LogP) is 0.853.